The SMILES string of the molecule is Cc1ccc(C=Cc2ccccc2)cn1. The summed E-state index contributed by atoms with van der Waals surface area (Å²) < 4.78 is 0. The van der Waals surface area contributed by atoms with E-state index in [1.165, 1.54) is 5.56 Å². The molecule has 0 bridgehead atoms. The van der Waals surface area contributed by atoms with E-state index >= 15 is 0 Å². The first-order valence-electron chi connectivity index (χ1n) is 5.00. The maximum absolute atomic E-state index is 4.24. The van der Waals surface area contributed by atoms with Crippen molar-refractivity contribution in [2.75, 3.05) is 0 Å². The highest BCUT2D eigenvalue weighted by Crippen LogP contribution is 2.07. The Morgan fingerprint density at radius 3 is 2.27 bits per heavy atom. The van der Waals surface area contributed by atoms with Crippen molar-refractivity contribution in [3.8, 4) is 0 Å². The van der Waals surface area contributed by atoms with Crippen LogP contribution in [-0.2, 0) is 0 Å². The van der Waals surface area contributed by atoms with Crippen LogP contribution in [0, 0.1) is 6.92 Å². The zero-order chi connectivity index (χ0) is 10.5. The lowest BCUT2D eigenvalue weighted by Crippen LogP contribution is -1.79. The van der Waals surface area contributed by atoms with E-state index in [1.54, 1.807) is 0 Å². The molecule has 0 unspecified atom stereocenters. The van der Waals surface area contributed by atoms with Gasteiger partial charge in [0.05, 0.1) is 0 Å². The summed E-state index contributed by atoms with van der Waals surface area (Å²) in [6.07, 6.45) is 6.04. The van der Waals surface area contributed by atoms with Crippen LogP contribution in [0.1, 0.15) is 16.8 Å². The molecule has 0 aliphatic heterocycles. The maximum Gasteiger partial charge on any atom is 0.0373 e. The first-order valence-corrected chi connectivity index (χ1v) is 5.00. The van der Waals surface area contributed by atoms with Gasteiger partial charge in [-0.3, -0.25) is 4.98 Å². The first kappa shape index (κ1) is 9.66. The molecule has 1 aromatic carbocycles. The number of aromatic nitrogens is 1. The van der Waals surface area contributed by atoms with Crippen molar-refractivity contribution in [3.05, 3.63) is 65.5 Å². The topological polar surface area (TPSA) is 12.9 Å². The molecule has 1 heteroatoms. The van der Waals surface area contributed by atoms with Crippen molar-refractivity contribution < 1.29 is 0 Å². The summed E-state index contributed by atoms with van der Waals surface area (Å²) in [4.78, 5) is 4.24. The summed E-state index contributed by atoms with van der Waals surface area (Å²) in [5, 5.41) is 0. The van der Waals surface area contributed by atoms with E-state index in [-0.39, 0.29) is 0 Å². The first-order chi connectivity index (χ1) is 7.34. The molecule has 0 saturated heterocycles. The lowest BCUT2D eigenvalue weighted by Gasteiger charge is -1.94. The average molecular weight is 195 g/mol. The molecule has 2 aromatic rings. The molecule has 0 amide bonds. The molecule has 0 N–H and O–H groups in total. The fraction of sp³-hybridized carbons (Fsp3) is 0.0714. The lowest BCUT2D eigenvalue weighted by molar-refractivity contribution is 1.19. The number of hydrogen-bond acceptors (Lipinski definition) is 1. The van der Waals surface area contributed by atoms with Crippen LogP contribution >= 0.6 is 0 Å². The zero-order valence-corrected chi connectivity index (χ0v) is 8.72. The quantitative estimate of drug-likeness (QED) is 0.714. The molecule has 0 fully saturated rings. The van der Waals surface area contributed by atoms with Gasteiger partial charge in [-0.15, -0.1) is 0 Å². The van der Waals surface area contributed by atoms with Crippen molar-refractivity contribution in [1.29, 1.82) is 0 Å². The summed E-state index contributed by atoms with van der Waals surface area (Å²) in [7, 11) is 0. The molecule has 1 nitrogen and oxygen atoms in total. The van der Waals surface area contributed by atoms with Gasteiger partial charge in [0.1, 0.15) is 0 Å². The fourth-order valence-corrected chi connectivity index (χ4v) is 1.33. The monoisotopic (exact) mass is 195 g/mol. The van der Waals surface area contributed by atoms with Crippen molar-refractivity contribution in [3.63, 3.8) is 0 Å². The normalized spacial score (nSPS) is 10.7. The molecule has 0 spiro atoms. The minimum atomic E-state index is 1.05. The van der Waals surface area contributed by atoms with Crippen LogP contribution < -0.4 is 0 Å². The minimum Gasteiger partial charge on any atom is -0.261 e. The number of rotatable bonds is 2. The van der Waals surface area contributed by atoms with Crippen LogP contribution in [0.2, 0.25) is 0 Å². The van der Waals surface area contributed by atoms with Crippen LogP contribution in [0.3, 0.4) is 0 Å². The molecule has 2 rings (SSSR count). The number of pyridine rings is 1. The summed E-state index contributed by atoms with van der Waals surface area (Å²) >= 11 is 0. The maximum atomic E-state index is 4.24. The van der Waals surface area contributed by atoms with E-state index in [0.717, 1.165) is 11.3 Å². The second kappa shape index (κ2) is 4.56. The smallest absolute Gasteiger partial charge is 0.0373 e. The molecule has 1 aromatic heterocycles. The molecular formula is C14H13N. The van der Waals surface area contributed by atoms with Crippen LogP contribution in [0.4, 0.5) is 0 Å². The molecule has 0 radical (unpaired) electrons. The third kappa shape index (κ3) is 2.78. The van der Waals surface area contributed by atoms with Gasteiger partial charge in [-0.25, -0.2) is 0 Å². The Morgan fingerprint density at radius 1 is 0.867 bits per heavy atom. The molecular weight excluding hydrogens is 182 g/mol. The number of aryl methyl sites for hydroxylation is 1. The highest BCUT2D eigenvalue weighted by Gasteiger charge is 1.88. The van der Waals surface area contributed by atoms with Crippen LogP contribution in [0.5, 0.6) is 0 Å². The predicted molar refractivity (Wildman–Crippen MR) is 64.3 cm³/mol. The van der Waals surface area contributed by atoms with E-state index in [4.69, 9.17) is 0 Å². The van der Waals surface area contributed by atoms with Crippen molar-refractivity contribution in [2.45, 2.75) is 6.92 Å². The average Bonchev–Trinajstić information content (AvgIpc) is 2.30. The predicted octanol–water partition coefficient (Wildman–Crippen LogP) is 3.56. The van der Waals surface area contributed by atoms with E-state index < -0.39 is 0 Å². The lowest BCUT2D eigenvalue weighted by atomic mass is 10.1. The molecule has 0 saturated carbocycles. The highest BCUT2D eigenvalue weighted by atomic mass is 14.6. The molecule has 0 aliphatic rings. The van der Waals surface area contributed by atoms with Crippen molar-refractivity contribution >= 4 is 12.2 Å². The van der Waals surface area contributed by atoms with Gasteiger partial charge in [0.2, 0.25) is 0 Å². The number of hydrogen-bond donors (Lipinski definition) is 0. The van der Waals surface area contributed by atoms with E-state index in [2.05, 4.69) is 35.3 Å². The van der Waals surface area contributed by atoms with Gasteiger partial charge in [-0.1, -0.05) is 48.6 Å². The van der Waals surface area contributed by atoms with Gasteiger partial charge in [0, 0.05) is 11.9 Å². The second-order valence-electron chi connectivity index (χ2n) is 3.48. The molecule has 15 heavy (non-hydrogen) atoms. The van der Waals surface area contributed by atoms with E-state index in [0.29, 0.717) is 0 Å². The van der Waals surface area contributed by atoms with Crippen LogP contribution in [0.25, 0.3) is 12.2 Å². The largest absolute Gasteiger partial charge is 0.261 e. The Labute approximate surface area is 90.1 Å². The van der Waals surface area contributed by atoms with Gasteiger partial charge in [0.15, 0.2) is 0 Å². The molecule has 0 atom stereocenters. The zero-order valence-electron chi connectivity index (χ0n) is 8.72. The highest BCUT2D eigenvalue weighted by molar-refractivity contribution is 5.69. The Morgan fingerprint density at radius 2 is 1.60 bits per heavy atom. The third-order valence-corrected chi connectivity index (χ3v) is 2.20. The summed E-state index contributed by atoms with van der Waals surface area (Å²) in [6.45, 7) is 1.99. The third-order valence-electron chi connectivity index (χ3n) is 2.20. The minimum absolute atomic E-state index is 1.05. The van der Waals surface area contributed by atoms with E-state index in [9.17, 15) is 0 Å². The Balaban J connectivity index is 2.15. The van der Waals surface area contributed by atoms with Crippen LogP contribution in [-0.4, -0.2) is 4.98 Å². The van der Waals surface area contributed by atoms with Gasteiger partial charge < -0.3 is 0 Å². The molecule has 1 heterocycles. The molecule has 74 valence electrons. The van der Waals surface area contributed by atoms with Gasteiger partial charge >= 0.3 is 0 Å². The Kier molecular flexibility index (Phi) is 2.93. The second-order valence-corrected chi connectivity index (χ2v) is 3.48. The number of nitrogens with zero attached hydrogens (tertiary/aromatic N) is 1. The number of benzene rings is 1. The molecule has 0 aliphatic carbocycles. The van der Waals surface area contributed by atoms with Crippen molar-refractivity contribution in [1.82, 2.24) is 4.98 Å². The van der Waals surface area contributed by atoms with Gasteiger partial charge in [-0.2, -0.15) is 0 Å². The van der Waals surface area contributed by atoms with E-state index in [1.807, 2.05) is 37.4 Å². The summed E-state index contributed by atoms with van der Waals surface area (Å²) in [5.74, 6) is 0. The summed E-state index contributed by atoms with van der Waals surface area (Å²) in [6, 6.07) is 14.3. The van der Waals surface area contributed by atoms with Crippen LogP contribution in [0.15, 0.2) is 48.7 Å². The Hall–Kier alpha value is -1.89. The standard InChI is InChI=1S/C14H13N/c1-12-7-8-14(11-15-12)10-9-13-5-3-2-4-6-13/h2-11H,1H3. The van der Waals surface area contributed by atoms with Gasteiger partial charge in [-0.05, 0) is 24.1 Å². The van der Waals surface area contributed by atoms with Gasteiger partial charge in [0.25, 0.3) is 0 Å². The van der Waals surface area contributed by atoms with Crippen molar-refractivity contribution in [2.24, 2.45) is 0 Å². The fourth-order valence-electron chi connectivity index (χ4n) is 1.33. The summed E-state index contributed by atoms with van der Waals surface area (Å²) in [5.41, 5.74) is 3.38. The Bertz CT molecular complexity index is 441.